The summed E-state index contributed by atoms with van der Waals surface area (Å²) < 4.78 is 0. The van der Waals surface area contributed by atoms with Crippen LogP contribution < -0.4 is 0 Å². The van der Waals surface area contributed by atoms with Gasteiger partial charge in [0.15, 0.2) is 0 Å². The normalized spacial score (nSPS) is 15.8. The quantitative estimate of drug-likeness (QED) is 0.651. The maximum atomic E-state index is 3.94. The molecule has 0 radical (unpaired) electrons. The topological polar surface area (TPSA) is 15.8 Å². The van der Waals surface area contributed by atoms with Crippen LogP contribution in [0.2, 0.25) is 0 Å². The van der Waals surface area contributed by atoms with Crippen LogP contribution in [0, 0.1) is 0 Å². The second kappa shape index (κ2) is 2.81. The predicted molar refractivity (Wildman–Crippen MR) is 52.1 cm³/mol. The Balaban J connectivity index is 2.38. The van der Waals surface area contributed by atoms with Gasteiger partial charge in [0, 0.05) is 11.4 Å². The van der Waals surface area contributed by atoms with Crippen molar-refractivity contribution >= 4 is 5.57 Å². The van der Waals surface area contributed by atoms with Crippen LogP contribution in [0.15, 0.2) is 12.6 Å². The van der Waals surface area contributed by atoms with Gasteiger partial charge in [-0.1, -0.05) is 6.58 Å². The number of nitrogens with one attached hydrogen (secondary N) is 1. The summed E-state index contributed by atoms with van der Waals surface area (Å²) in [5.41, 5.74) is 5.32. The SMILES string of the molecule is C=C(C)c1cc2c([nH]1)CCCC2. The van der Waals surface area contributed by atoms with E-state index in [4.69, 9.17) is 0 Å². The van der Waals surface area contributed by atoms with Gasteiger partial charge in [-0.3, -0.25) is 0 Å². The molecule has 12 heavy (non-hydrogen) atoms. The highest BCUT2D eigenvalue weighted by Crippen LogP contribution is 2.23. The molecule has 1 aliphatic carbocycles. The fourth-order valence-electron chi connectivity index (χ4n) is 1.83. The first-order chi connectivity index (χ1) is 5.77. The average Bonchev–Trinajstić information content (AvgIpc) is 2.46. The van der Waals surface area contributed by atoms with Crippen LogP contribution in [0.1, 0.15) is 36.7 Å². The molecular formula is C11H15N. The number of hydrogen-bond acceptors (Lipinski definition) is 0. The van der Waals surface area contributed by atoms with Gasteiger partial charge in [-0.15, -0.1) is 0 Å². The highest BCUT2D eigenvalue weighted by atomic mass is 14.7. The zero-order chi connectivity index (χ0) is 8.55. The van der Waals surface area contributed by atoms with Gasteiger partial charge < -0.3 is 4.98 Å². The predicted octanol–water partition coefficient (Wildman–Crippen LogP) is 2.93. The van der Waals surface area contributed by atoms with E-state index in [9.17, 15) is 0 Å². The summed E-state index contributed by atoms with van der Waals surface area (Å²) in [5.74, 6) is 0. The Hall–Kier alpha value is -0.980. The Morgan fingerprint density at radius 1 is 1.42 bits per heavy atom. The van der Waals surface area contributed by atoms with Crippen LogP contribution in [0.4, 0.5) is 0 Å². The van der Waals surface area contributed by atoms with Crippen molar-refractivity contribution in [1.82, 2.24) is 4.98 Å². The zero-order valence-electron chi connectivity index (χ0n) is 7.61. The monoisotopic (exact) mass is 161 g/mol. The van der Waals surface area contributed by atoms with Crippen LogP contribution in [-0.4, -0.2) is 4.98 Å². The number of H-pyrrole nitrogens is 1. The van der Waals surface area contributed by atoms with Crippen LogP contribution in [0.3, 0.4) is 0 Å². The minimum Gasteiger partial charge on any atom is -0.358 e. The molecule has 1 aliphatic rings. The van der Waals surface area contributed by atoms with Crippen LogP contribution in [0.25, 0.3) is 5.57 Å². The second-order valence-electron chi connectivity index (χ2n) is 3.67. The lowest BCUT2D eigenvalue weighted by Gasteiger charge is -2.08. The summed E-state index contributed by atoms with van der Waals surface area (Å²) >= 11 is 0. The molecule has 0 aromatic carbocycles. The van der Waals surface area contributed by atoms with E-state index >= 15 is 0 Å². The Morgan fingerprint density at radius 2 is 2.17 bits per heavy atom. The molecule has 0 atom stereocenters. The summed E-state index contributed by atoms with van der Waals surface area (Å²) in [6, 6.07) is 2.26. The number of aromatic amines is 1. The summed E-state index contributed by atoms with van der Waals surface area (Å²) in [5, 5.41) is 0. The second-order valence-corrected chi connectivity index (χ2v) is 3.67. The molecule has 1 heterocycles. The standard InChI is InChI=1S/C11H15N/c1-8(2)11-7-9-5-3-4-6-10(9)12-11/h7,12H,1,3-6H2,2H3. The molecule has 0 amide bonds. The molecule has 0 fully saturated rings. The molecule has 2 rings (SSSR count). The maximum Gasteiger partial charge on any atom is 0.0409 e. The van der Waals surface area contributed by atoms with Gasteiger partial charge >= 0.3 is 0 Å². The van der Waals surface area contributed by atoms with Crippen molar-refractivity contribution in [2.45, 2.75) is 32.6 Å². The van der Waals surface area contributed by atoms with E-state index in [-0.39, 0.29) is 0 Å². The van der Waals surface area contributed by atoms with Crippen molar-refractivity contribution in [3.05, 3.63) is 29.6 Å². The molecule has 1 N–H and O–H groups in total. The van der Waals surface area contributed by atoms with Gasteiger partial charge in [0.05, 0.1) is 0 Å². The summed E-state index contributed by atoms with van der Waals surface area (Å²) in [7, 11) is 0. The van der Waals surface area contributed by atoms with Gasteiger partial charge in [0.1, 0.15) is 0 Å². The average molecular weight is 161 g/mol. The lowest BCUT2D eigenvalue weighted by Crippen LogP contribution is -1.99. The van der Waals surface area contributed by atoms with E-state index in [1.54, 1.807) is 0 Å². The van der Waals surface area contributed by atoms with Crippen LogP contribution >= 0.6 is 0 Å². The summed E-state index contributed by atoms with van der Waals surface area (Å²) in [6.45, 7) is 5.99. The molecule has 1 nitrogen and oxygen atoms in total. The van der Waals surface area contributed by atoms with E-state index in [1.165, 1.54) is 42.6 Å². The van der Waals surface area contributed by atoms with Crippen molar-refractivity contribution < 1.29 is 0 Å². The van der Waals surface area contributed by atoms with E-state index in [0.717, 1.165) is 5.57 Å². The fraction of sp³-hybridized carbons (Fsp3) is 0.455. The van der Waals surface area contributed by atoms with Gasteiger partial charge in [-0.2, -0.15) is 0 Å². The highest BCUT2D eigenvalue weighted by molar-refractivity contribution is 5.59. The molecule has 0 aliphatic heterocycles. The third-order valence-corrected chi connectivity index (χ3v) is 2.57. The number of hydrogen-bond donors (Lipinski definition) is 1. The Kier molecular flexibility index (Phi) is 1.80. The first-order valence-electron chi connectivity index (χ1n) is 4.64. The minimum absolute atomic E-state index is 1.14. The molecule has 1 aromatic heterocycles. The molecule has 1 aromatic rings. The number of allylic oxidation sites excluding steroid dienone is 1. The Morgan fingerprint density at radius 3 is 2.83 bits per heavy atom. The van der Waals surface area contributed by atoms with E-state index in [2.05, 4.69) is 24.6 Å². The van der Waals surface area contributed by atoms with Gasteiger partial charge in [0.2, 0.25) is 0 Å². The van der Waals surface area contributed by atoms with Crippen molar-refractivity contribution in [3.8, 4) is 0 Å². The number of aryl methyl sites for hydroxylation is 2. The summed E-state index contributed by atoms with van der Waals surface area (Å²) in [6.07, 6.45) is 5.16. The largest absolute Gasteiger partial charge is 0.358 e. The third-order valence-electron chi connectivity index (χ3n) is 2.57. The molecular weight excluding hydrogens is 146 g/mol. The molecule has 64 valence electrons. The van der Waals surface area contributed by atoms with Crippen LogP contribution in [-0.2, 0) is 12.8 Å². The molecule has 0 saturated heterocycles. The highest BCUT2D eigenvalue weighted by Gasteiger charge is 2.12. The molecule has 0 unspecified atom stereocenters. The van der Waals surface area contributed by atoms with Crippen LogP contribution in [0.5, 0.6) is 0 Å². The number of fused-ring (bicyclic) bond motifs is 1. The van der Waals surface area contributed by atoms with Crippen molar-refractivity contribution in [1.29, 1.82) is 0 Å². The summed E-state index contributed by atoms with van der Waals surface area (Å²) in [4.78, 5) is 3.43. The van der Waals surface area contributed by atoms with E-state index in [0.29, 0.717) is 0 Å². The molecule has 1 heteroatoms. The molecule has 0 bridgehead atoms. The van der Waals surface area contributed by atoms with Crippen molar-refractivity contribution in [2.24, 2.45) is 0 Å². The smallest absolute Gasteiger partial charge is 0.0409 e. The fourth-order valence-corrected chi connectivity index (χ4v) is 1.83. The lowest BCUT2D eigenvalue weighted by atomic mass is 9.98. The Labute approximate surface area is 73.5 Å². The minimum atomic E-state index is 1.14. The first-order valence-corrected chi connectivity index (χ1v) is 4.64. The molecule has 0 saturated carbocycles. The zero-order valence-corrected chi connectivity index (χ0v) is 7.61. The van der Waals surface area contributed by atoms with Crippen molar-refractivity contribution in [2.75, 3.05) is 0 Å². The lowest BCUT2D eigenvalue weighted by molar-refractivity contribution is 0.677. The van der Waals surface area contributed by atoms with E-state index < -0.39 is 0 Å². The third kappa shape index (κ3) is 1.20. The maximum absolute atomic E-state index is 3.94. The van der Waals surface area contributed by atoms with Gasteiger partial charge in [-0.25, -0.2) is 0 Å². The first kappa shape index (κ1) is 7.66. The number of rotatable bonds is 1. The Bertz CT molecular complexity index is 283. The molecule has 0 spiro atoms. The van der Waals surface area contributed by atoms with Crippen molar-refractivity contribution in [3.63, 3.8) is 0 Å². The number of aromatic nitrogens is 1. The van der Waals surface area contributed by atoms with Gasteiger partial charge in [0.25, 0.3) is 0 Å². The van der Waals surface area contributed by atoms with E-state index in [1.807, 2.05) is 0 Å². The van der Waals surface area contributed by atoms with Gasteiger partial charge in [-0.05, 0) is 49.8 Å².